The Morgan fingerprint density at radius 1 is 1.31 bits per heavy atom. The number of aliphatic imine (C=N–C) groups is 1. The summed E-state index contributed by atoms with van der Waals surface area (Å²) in [5.41, 5.74) is 1.51. The molecule has 0 aromatic carbocycles. The molecule has 1 nitrogen and oxygen atoms in total. The molecule has 0 radical (unpaired) electrons. The molecule has 1 atom stereocenters. The second-order valence-electron chi connectivity index (χ2n) is 5.75. The summed E-state index contributed by atoms with van der Waals surface area (Å²) in [6.07, 6.45) is 7.85. The number of nitrogens with zero attached hydrogens (tertiary/aromatic N) is 1. The first-order valence-electron chi connectivity index (χ1n) is 6.71. The largest absolute Gasteiger partial charge is 0.294 e. The minimum atomic E-state index is -0.934. The van der Waals surface area contributed by atoms with Crippen LogP contribution in [-0.2, 0) is 0 Å². The average Bonchev–Trinajstić information content (AvgIpc) is 2.58. The van der Waals surface area contributed by atoms with Gasteiger partial charge in [-0.2, -0.15) is 11.2 Å². The average molecular weight is 258 g/mol. The standard InChI is InChI=1S/C13H27NSSi/c1-5-6-7-10-14-12-8-9-13(11-12)15-16(2,3)4/h13H,5-11H2,1-4H3. The number of unbranched alkanes of at least 4 members (excludes halogenated alkanes) is 2. The Morgan fingerprint density at radius 2 is 2.06 bits per heavy atom. The summed E-state index contributed by atoms with van der Waals surface area (Å²) in [7, 11) is -0.934. The van der Waals surface area contributed by atoms with E-state index in [1.54, 1.807) is 0 Å². The van der Waals surface area contributed by atoms with Crippen LogP contribution in [0.1, 0.15) is 45.4 Å². The molecule has 1 unspecified atom stereocenters. The van der Waals surface area contributed by atoms with Crippen molar-refractivity contribution in [1.29, 1.82) is 0 Å². The molecule has 16 heavy (non-hydrogen) atoms. The first kappa shape index (κ1) is 14.3. The molecule has 0 saturated heterocycles. The van der Waals surface area contributed by atoms with Crippen molar-refractivity contribution in [2.45, 2.75) is 70.3 Å². The quantitative estimate of drug-likeness (QED) is 0.494. The predicted octanol–water partition coefficient (Wildman–Crippen LogP) is 4.74. The first-order valence-corrected chi connectivity index (χ1v) is 11.8. The Balaban J connectivity index is 2.24. The van der Waals surface area contributed by atoms with Crippen LogP contribution in [0.5, 0.6) is 0 Å². The van der Waals surface area contributed by atoms with Crippen molar-refractivity contribution in [3.05, 3.63) is 0 Å². The Labute approximate surface area is 106 Å². The third-order valence-electron chi connectivity index (χ3n) is 2.84. The van der Waals surface area contributed by atoms with Crippen molar-refractivity contribution >= 4 is 24.1 Å². The van der Waals surface area contributed by atoms with Gasteiger partial charge in [-0.1, -0.05) is 39.4 Å². The third kappa shape index (κ3) is 6.09. The number of hydrogen-bond donors (Lipinski definition) is 0. The zero-order valence-electron chi connectivity index (χ0n) is 11.4. The van der Waals surface area contributed by atoms with E-state index in [0.717, 1.165) is 11.8 Å². The van der Waals surface area contributed by atoms with Gasteiger partial charge in [-0.3, -0.25) is 4.99 Å². The van der Waals surface area contributed by atoms with Crippen LogP contribution in [0.2, 0.25) is 19.6 Å². The third-order valence-corrected chi connectivity index (χ3v) is 7.40. The fourth-order valence-electron chi connectivity index (χ4n) is 2.14. The van der Waals surface area contributed by atoms with Gasteiger partial charge in [0.25, 0.3) is 0 Å². The van der Waals surface area contributed by atoms with Gasteiger partial charge in [0.15, 0.2) is 0 Å². The molecule has 1 fully saturated rings. The summed E-state index contributed by atoms with van der Waals surface area (Å²) in [4.78, 5) is 4.76. The Morgan fingerprint density at radius 3 is 2.69 bits per heavy atom. The lowest BCUT2D eigenvalue weighted by molar-refractivity contribution is 0.727. The van der Waals surface area contributed by atoms with Crippen molar-refractivity contribution < 1.29 is 0 Å². The first-order chi connectivity index (χ1) is 7.51. The Kier molecular flexibility index (Phi) is 6.12. The topological polar surface area (TPSA) is 12.4 Å². The summed E-state index contributed by atoms with van der Waals surface area (Å²) in [6.45, 7) is 10.7. The molecule has 0 N–H and O–H groups in total. The molecule has 1 rings (SSSR count). The molecule has 0 amide bonds. The zero-order valence-corrected chi connectivity index (χ0v) is 13.2. The highest BCUT2D eigenvalue weighted by atomic mass is 32.4. The van der Waals surface area contributed by atoms with Gasteiger partial charge in [0.05, 0.1) is 0 Å². The summed E-state index contributed by atoms with van der Waals surface area (Å²) in [5.74, 6) is 0. The fraction of sp³-hybridized carbons (Fsp3) is 0.923. The van der Waals surface area contributed by atoms with Crippen molar-refractivity contribution in [3.8, 4) is 0 Å². The minimum absolute atomic E-state index is 0.886. The van der Waals surface area contributed by atoms with Crippen LogP contribution in [0.25, 0.3) is 0 Å². The lowest BCUT2D eigenvalue weighted by Crippen LogP contribution is -2.19. The summed E-state index contributed by atoms with van der Waals surface area (Å²) in [5, 5.41) is 0.886. The molecule has 0 bridgehead atoms. The maximum absolute atomic E-state index is 4.76. The van der Waals surface area contributed by atoms with E-state index in [0.29, 0.717) is 0 Å². The van der Waals surface area contributed by atoms with Crippen LogP contribution < -0.4 is 0 Å². The van der Waals surface area contributed by atoms with E-state index in [1.807, 2.05) is 0 Å². The Hall–Kier alpha value is 0.237. The molecule has 3 heteroatoms. The summed E-state index contributed by atoms with van der Waals surface area (Å²) < 4.78 is 0. The maximum atomic E-state index is 4.76. The smallest absolute Gasteiger partial charge is 0.108 e. The van der Waals surface area contributed by atoms with E-state index in [9.17, 15) is 0 Å². The van der Waals surface area contributed by atoms with Gasteiger partial charge >= 0.3 is 0 Å². The molecule has 1 saturated carbocycles. The van der Waals surface area contributed by atoms with E-state index in [1.165, 1.54) is 44.2 Å². The molecule has 94 valence electrons. The van der Waals surface area contributed by atoms with Gasteiger partial charge in [-0.25, -0.2) is 0 Å². The number of rotatable bonds is 6. The highest BCUT2D eigenvalue weighted by molar-refractivity contribution is 8.29. The van der Waals surface area contributed by atoms with E-state index >= 15 is 0 Å². The van der Waals surface area contributed by atoms with Crippen LogP contribution >= 0.6 is 11.2 Å². The maximum Gasteiger partial charge on any atom is 0.108 e. The van der Waals surface area contributed by atoms with Crippen LogP contribution in [0.15, 0.2) is 4.99 Å². The summed E-state index contributed by atoms with van der Waals surface area (Å²) >= 11 is 2.27. The van der Waals surface area contributed by atoms with Crippen molar-refractivity contribution in [2.75, 3.05) is 6.54 Å². The molecule has 0 aromatic heterocycles. The lowest BCUT2D eigenvalue weighted by Gasteiger charge is -2.19. The zero-order chi connectivity index (χ0) is 12.0. The normalized spacial score (nSPS) is 24.2. The fourth-order valence-corrected chi connectivity index (χ4v) is 7.25. The molecule has 0 aromatic rings. The van der Waals surface area contributed by atoms with Gasteiger partial charge in [0.1, 0.15) is 7.22 Å². The molecule has 1 aliphatic carbocycles. The van der Waals surface area contributed by atoms with Gasteiger partial charge < -0.3 is 0 Å². The highest BCUT2D eigenvalue weighted by Crippen LogP contribution is 2.34. The molecule has 1 aliphatic rings. The lowest BCUT2D eigenvalue weighted by atomic mass is 10.2. The molecule has 0 heterocycles. The minimum Gasteiger partial charge on any atom is -0.294 e. The van der Waals surface area contributed by atoms with Crippen molar-refractivity contribution in [1.82, 2.24) is 0 Å². The molecule has 0 spiro atoms. The van der Waals surface area contributed by atoms with E-state index in [2.05, 4.69) is 37.8 Å². The van der Waals surface area contributed by atoms with Gasteiger partial charge in [-0.15, -0.1) is 0 Å². The molecule has 0 aliphatic heterocycles. The van der Waals surface area contributed by atoms with Crippen LogP contribution in [0.4, 0.5) is 0 Å². The van der Waals surface area contributed by atoms with Crippen LogP contribution in [-0.4, -0.2) is 24.7 Å². The van der Waals surface area contributed by atoms with E-state index in [4.69, 9.17) is 4.99 Å². The van der Waals surface area contributed by atoms with Crippen molar-refractivity contribution in [2.24, 2.45) is 4.99 Å². The monoisotopic (exact) mass is 257 g/mol. The van der Waals surface area contributed by atoms with Crippen LogP contribution in [0.3, 0.4) is 0 Å². The van der Waals surface area contributed by atoms with Gasteiger partial charge in [-0.05, 0) is 25.7 Å². The van der Waals surface area contributed by atoms with E-state index < -0.39 is 7.22 Å². The van der Waals surface area contributed by atoms with Gasteiger partial charge in [0.2, 0.25) is 0 Å². The highest BCUT2D eigenvalue weighted by Gasteiger charge is 2.26. The predicted molar refractivity (Wildman–Crippen MR) is 80.4 cm³/mol. The molecular formula is C13H27NSSi. The summed E-state index contributed by atoms with van der Waals surface area (Å²) in [6, 6.07) is 0. The van der Waals surface area contributed by atoms with Gasteiger partial charge in [0, 0.05) is 17.5 Å². The second-order valence-corrected chi connectivity index (χ2v) is 15.3. The van der Waals surface area contributed by atoms with Crippen LogP contribution in [0, 0.1) is 0 Å². The second kappa shape index (κ2) is 6.85. The SMILES string of the molecule is CCCCCN=C1CCC(S[Si](C)(C)C)C1. The molecular weight excluding hydrogens is 230 g/mol. The Bertz CT molecular complexity index is 233. The number of hydrogen-bond acceptors (Lipinski definition) is 2. The van der Waals surface area contributed by atoms with Crippen molar-refractivity contribution in [3.63, 3.8) is 0 Å². The van der Waals surface area contributed by atoms with E-state index in [-0.39, 0.29) is 0 Å².